The average Bonchev–Trinajstić information content (AvgIpc) is 2.44. The molecule has 1 N–H and O–H groups in total. The molecule has 0 unspecified atom stereocenters. The smallest absolute Gasteiger partial charge is 0.240 e. The van der Waals surface area contributed by atoms with Crippen molar-refractivity contribution < 1.29 is 17.9 Å². The molecule has 0 bridgehead atoms. The Bertz CT molecular complexity index is 648. The molecule has 1 rings (SSSR count). The molecule has 0 atom stereocenters. The van der Waals surface area contributed by atoms with Gasteiger partial charge in [0.15, 0.2) is 0 Å². The quantitative estimate of drug-likeness (QED) is 0.686. The zero-order valence-corrected chi connectivity index (χ0v) is 16.0. The zero-order valence-electron chi connectivity index (χ0n) is 15.2. The number of ether oxygens (including phenoxy) is 1. The maximum Gasteiger partial charge on any atom is 0.240 e. The van der Waals surface area contributed by atoms with E-state index in [0.717, 1.165) is 22.9 Å². The van der Waals surface area contributed by atoms with E-state index in [4.69, 9.17) is 4.74 Å². The van der Waals surface area contributed by atoms with Crippen LogP contribution in [-0.4, -0.2) is 46.9 Å². The lowest BCUT2D eigenvalue weighted by atomic mass is 10.1. The van der Waals surface area contributed by atoms with Gasteiger partial charge in [-0.15, -0.1) is 0 Å². The summed E-state index contributed by atoms with van der Waals surface area (Å²) in [5.74, 6) is -0.323. The van der Waals surface area contributed by atoms with Crippen LogP contribution in [-0.2, 0) is 19.6 Å². The van der Waals surface area contributed by atoms with Crippen LogP contribution in [0.3, 0.4) is 0 Å². The summed E-state index contributed by atoms with van der Waals surface area (Å²) in [5.41, 5.74) is 3.30. The summed E-state index contributed by atoms with van der Waals surface area (Å²) in [5, 5.41) is 2.74. The first kappa shape index (κ1) is 20.4. The standard InChI is InChI=1S/C17H28N2O4S/c1-6-23-9-7-8-18-16(20)12-19(24(5,21)22)17-14(3)10-13(2)11-15(17)4/h10-11H,6-9,12H2,1-5H3,(H,18,20). The third kappa shape index (κ3) is 6.13. The molecule has 0 aliphatic rings. The SMILES string of the molecule is CCOCCCNC(=O)CN(c1c(C)cc(C)cc1C)S(C)(=O)=O. The van der Waals surface area contributed by atoms with E-state index in [1.165, 1.54) is 4.31 Å². The largest absolute Gasteiger partial charge is 0.382 e. The Morgan fingerprint density at radius 3 is 2.29 bits per heavy atom. The maximum absolute atomic E-state index is 12.2. The zero-order chi connectivity index (χ0) is 18.3. The molecule has 1 aromatic rings. The lowest BCUT2D eigenvalue weighted by molar-refractivity contribution is -0.119. The first-order valence-corrected chi connectivity index (χ1v) is 9.91. The summed E-state index contributed by atoms with van der Waals surface area (Å²) in [4.78, 5) is 12.1. The first-order valence-electron chi connectivity index (χ1n) is 8.06. The number of hydrogen-bond acceptors (Lipinski definition) is 4. The fourth-order valence-corrected chi connectivity index (χ4v) is 3.63. The van der Waals surface area contributed by atoms with E-state index < -0.39 is 10.0 Å². The Morgan fingerprint density at radius 1 is 1.21 bits per heavy atom. The molecule has 0 aliphatic carbocycles. The summed E-state index contributed by atoms with van der Waals surface area (Å²) < 4.78 is 30.8. The molecular formula is C17H28N2O4S. The number of anilines is 1. The summed E-state index contributed by atoms with van der Waals surface area (Å²) in [6, 6.07) is 3.83. The van der Waals surface area contributed by atoms with Crippen LogP contribution in [0.1, 0.15) is 30.0 Å². The molecule has 1 aromatic carbocycles. The highest BCUT2D eigenvalue weighted by Crippen LogP contribution is 2.28. The fraction of sp³-hybridized carbons (Fsp3) is 0.588. The van der Waals surface area contributed by atoms with Gasteiger partial charge in [0.1, 0.15) is 6.54 Å². The molecule has 7 heteroatoms. The van der Waals surface area contributed by atoms with Gasteiger partial charge in [-0.3, -0.25) is 9.10 Å². The molecular weight excluding hydrogens is 328 g/mol. The third-order valence-electron chi connectivity index (χ3n) is 3.56. The number of sulfonamides is 1. The highest BCUT2D eigenvalue weighted by atomic mass is 32.2. The number of carbonyl (C=O) groups is 1. The minimum absolute atomic E-state index is 0.224. The molecule has 136 valence electrons. The molecule has 1 amide bonds. The van der Waals surface area contributed by atoms with Crippen LogP contribution >= 0.6 is 0 Å². The van der Waals surface area contributed by atoms with Gasteiger partial charge in [-0.1, -0.05) is 17.7 Å². The minimum Gasteiger partial charge on any atom is -0.382 e. The van der Waals surface area contributed by atoms with Crippen LogP contribution in [0.5, 0.6) is 0 Å². The Kier molecular flexibility index (Phi) is 7.69. The molecule has 0 aromatic heterocycles. The van der Waals surface area contributed by atoms with Gasteiger partial charge in [-0.25, -0.2) is 8.42 Å². The Labute approximate surface area is 145 Å². The predicted octanol–water partition coefficient (Wildman–Crippen LogP) is 1.92. The summed E-state index contributed by atoms with van der Waals surface area (Å²) in [7, 11) is -3.56. The number of aryl methyl sites for hydroxylation is 3. The van der Waals surface area contributed by atoms with Gasteiger partial charge < -0.3 is 10.1 Å². The first-order chi connectivity index (χ1) is 11.2. The van der Waals surface area contributed by atoms with Gasteiger partial charge in [0.2, 0.25) is 15.9 Å². The van der Waals surface area contributed by atoms with Crippen LogP contribution in [0.15, 0.2) is 12.1 Å². The van der Waals surface area contributed by atoms with Crippen molar-refractivity contribution in [3.05, 3.63) is 28.8 Å². The fourth-order valence-electron chi connectivity index (χ4n) is 2.66. The van der Waals surface area contributed by atoms with Gasteiger partial charge >= 0.3 is 0 Å². The highest BCUT2D eigenvalue weighted by molar-refractivity contribution is 7.92. The number of nitrogens with zero attached hydrogens (tertiary/aromatic N) is 1. The van der Waals surface area contributed by atoms with Gasteiger partial charge in [0.05, 0.1) is 11.9 Å². The Balaban J connectivity index is 2.87. The van der Waals surface area contributed by atoms with Crippen LogP contribution < -0.4 is 9.62 Å². The second-order valence-corrected chi connectivity index (χ2v) is 7.82. The van der Waals surface area contributed by atoms with Gasteiger partial charge in [0.25, 0.3) is 0 Å². The topological polar surface area (TPSA) is 75.7 Å². The van der Waals surface area contributed by atoms with Crippen molar-refractivity contribution in [1.82, 2.24) is 5.32 Å². The number of nitrogens with one attached hydrogen (secondary N) is 1. The van der Waals surface area contributed by atoms with E-state index in [2.05, 4.69) is 5.32 Å². The van der Waals surface area contributed by atoms with Gasteiger partial charge in [-0.2, -0.15) is 0 Å². The predicted molar refractivity (Wildman–Crippen MR) is 97.0 cm³/mol. The van der Waals surface area contributed by atoms with Crippen LogP contribution in [0.4, 0.5) is 5.69 Å². The van der Waals surface area contributed by atoms with E-state index in [-0.39, 0.29) is 12.5 Å². The number of carbonyl (C=O) groups excluding carboxylic acids is 1. The van der Waals surface area contributed by atoms with Crippen molar-refractivity contribution in [2.75, 3.05) is 36.9 Å². The lowest BCUT2D eigenvalue weighted by Gasteiger charge is -2.26. The minimum atomic E-state index is -3.56. The molecule has 0 saturated heterocycles. The summed E-state index contributed by atoms with van der Waals surface area (Å²) in [6.07, 6.45) is 1.81. The second-order valence-electron chi connectivity index (χ2n) is 5.92. The van der Waals surface area contributed by atoms with E-state index in [0.29, 0.717) is 31.9 Å². The van der Waals surface area contributed by atoms with Gasteiger partial charge in [-0.05, 0) is 45.2 Å². The van der Waals surface area contributed by atoms with Crippen molar-refractivity contribution in [1.29, 1.82) is 0 Å². The van der Waals surface area contributed by atoms with Crippen molar-refractivity contribution in [2.45, 2.75) is 34.1 Å². The van der Waals surface area contributed by atoms with Crippen LogP contribution in [0.2, 0.25) is 0 Å². The number of rotatable bonds is 9. The van der Waals surface area contributed by atoms with Crippen molar-refractivity contribution in [3.63, 3.8) is 0 Å². The normalized spacial score (nSPS) is 11.4. The van der Waals surface area contributed by atoms with Gasteiger partial charge in [0, 0.05) is 19.8 Å². The molecule has 6 nitrogen and oxygen atoms in total. The van der Waals surface area contributed by atoms with Crippen LogP contribution in [0.25, 0.3) is 0 Å². The molecule has 0 spiro atoms. The molecule has 0 aliphatic heterocycles. The second kappa shape index (κ2) is 9.03. The molecule has 0 heterocycles. The highest BCUT2D eigenvalue weighted by Gasteiger charge is 2.23. The lowest BCUT2D eigenvalue weighted by Crippen LogP contribution is -2.41. The molecule has 0 saturated carbocycles. The third-order valence-corrected chi connectivity index (χ3v) is 4.68. The average molecular weight is 356 g/mol. The monoisotopic (exact) mass is 356 g/mol. The van der Waals surface area contributed by atoms with Crippen molar-refractivity contribution in [2.24, 2.45) is 0 Å². The molecule has 24 heavy (non-hydrogen) atoms. The van der Waals surface area contributed by atoms with Crippen LogP contribution in [0, 0.1) is 20.8 Å². The van der Waals surface area contributed by atoms with E-state index in [1.807, 2.05) is 39.8 Å². The maximum atomic E-state index is 12.2. The van der Waals surface area contributed by atoms with E-state index in [1.54, 1.807) is 0 Å². The Morgan fingerprint density at radius 2 is 1.79 bits per heavy atom. The van der Waals surface area contributed by atoms with E-state index in [9.17, 15) is 13.2 Å². The summed E-state index contributed by atoms with van der Waals surface area (Å²) >= 11 is 0. The number of hydrogen-bond donors (Lipinski definition) is 1. The van der Waals surface area contributed by atoms with Crippen molar-refractivity contribution >= 4 is 21.6 Å². The van der Waals surface area contributed by atoms with Crippen molar-refractivity contribution in [3.8, 4) is 0 Å². The molecule has 0 fully saturated rings. The Hall–Kier alpha value is -1.60. The molecule has 0 radical (unpaired) electrons. The number of amides is 1. The summed E-state index contributed by atoms with van der Waals surface area (Å²) in [6.45, 7) is 9.03. The van der Waals surface area contributed by atoms with E-state index >= 15 is 0 Å². The number of benzene rings is 1.